The van der Waals surface area contributed by atoms with E-state index in [1.807, 2.05) is 34.0 Å². The van der Waals surface area contributed by atoms with Crippen molar-refractivity contribution in [2.75, 3.05) is 13.1 Å². The van der Waals surface area contributed by atoms with Crippen LogP contribution < -0.4 is 0 Å². The summed E-state index contributed by atoms with van der Waals surface area (Å²) in [7, 11) is 0. The van der Waals surface area contributed by atoms with Crippen molar-refractivity contribution < 1.29 is 4.79 Å². The molecule has 2 rings (SSSR count). The summed E-state index contributed by atoms with van der Waals surface area (Å²) in [5.74, 6) is 0.787. The number of carbonyl (C=O) groups excluding carboxylic acids is 1. The fraction of sp³-hybridized carbons (Fsp3) is 0.600. The Bertz CT molecular complexity index is 528. The summed E-state index contributed by atoms with van der Waals surface area (Å²) in [4.78, 5) is 19.8. The summed E-state index contributed by atoms with van der Waals surface area (Å²) >= 11 is 1.59. The molecular formula is C15H23N3OS. The Kier molecular flexibility index (Phi) is 5.17. The number of imidazole rings is 1. The van der Waals surface area contributed by atoms with E-state index >= 15 is 0 Å². The second kappa shape index (κ2) is 6.88. The van der Waals surface area contributed by atoms with Gasteiger partial charge in [-0.15, -0.1) is 11.3 Å². The second-order valence-electron chi connectivity index (χ2n) is 5.12. The molecule has 0 aromatic carbocycles. The van der Waals surface area contributed by atoms with Crippen LogP contribution in [0.2, 0.25) is 0 Å². The fourth-order valence-corrected chi connectivity index (χ4v) is 3.11. The molecule has 0 unspecified atom stereocenters. The molecule has 0 fully saturated rings. The van der Waals surface area contributed by atoms with Gasteiger partial charge in [0.25, 0.3) is 0 Å². The molecule has 0 aliphatic heterocycles. The Labute approximate surface area is 124 Å². The second-order valence-corrected chi connectivity index (χ2v) is 5.99. The van der Waals surface area contributed by atoms with E-state index in [4.69, 9.17) is 0 Å². The van der Waals surface area contributed by atoms with Crippen LogP contribution in [0.4, 0.5) is 0 Å². The molecule has 0 saturated heterocycles. The molecule has 5 heteroatoms. The molecular weight excluding hydrogens is 270 g/mol. The first-order valence-corrected chi connectivity index (χ1v) is 8.24. The Morgan fingerprint density at radius 2 is 2.15 bits per heavy atom. The minimum atomic E-state index is 0.185. The van der Waals surface area contributed by atoms with Crippen LogP contribution in [0.3, 0.4) is 0 Å². The summed E-state index contributed by atoms with van der Waals surface area (Å²) in [5.41, 5.74) is 0.866. The SMILES string of the molecule is CCC(CC)CN(CC)C(=O)Cc1cn2ccsc2n1. The van der Waals surface area contributed by atoms with Crippen molar-refractivity contribution in [3.8, 4) is 0 Å². The van der Waals surface area contributed by atoms with Gasteiger partial charge in [-0.1, -0.05) is 26.7 Å². The zero-order valence-corrected chi connectivity index (χ0v) is 13.3. The number of rotatable bonds is 7. The van der Waals surface area contributed by atoms with E-state index in [1.54, 1.807) is 11.3 Å². The summed E-state index contributed by atoms with van der Waals surface area (Å²) in [6.45, 7) is 8.07. The highest BCUT2D eigenvalue weighted by Crippen LogP contribution is 2.14. The summed E-state index contributed by atoms with van der Waals surface area (Å²) in [6, 6.07) is 0. The van der Waals surface area contributed by atoms with Gasteiger partial charge in [0.15, 0.2) is 4.96 Å². The topological polar surface area (TPSA) is 37.6 Å². The van der Waals surface area contributed by atoms with E-state index in [1.165, 1.54) is 0 Å². The van der Waals surface area contributed by atoms with Gasteiger partial charge in [-0.3, -0.25) is 9.20 Å². The lowest BCUT2D eigenvalue weighted by molar-refractivity contribution is -0.131. The number of nitrogens with zero attached hydrogens (tertiary/aromatic N) is 3. The van der Waals surface area contributed by atoms with Gasteiger partial charge in [0.1, 0.15) is 0 Å². The Balaban J connectivity index is 1.99. The maximum atomic E-state index is 12.4. The molecule has 0 saturated carbocycles. The van der Waals surface area contributed by atoms with E-state index in [2.05, 4.69) is 18.8 Å². The lowest BCUT2D eigenvalue weighted by Gasteiger charge is -2.25. The van der Waals surface area contributed by atoms with Crippen molar-refractivity contribution in [2.24, 2.45) is 5.92 Å². The van der Waals surface area contributed by atoms with Crippen molar-refractivity contribution in [1.82, 2.24) is 14.3 Å². The smallest absolute Gasteiger partial charge is 0.228 e. The normalized spacial score (nSPS) is 11.4. The molecule has 0 spiro atoms. The zero-order valence-electron chi connectivity index (χ0n) is 12.5. The third-order valence-corrected chi connectivity index (χ3v) is 4.61. The molecule has 110 valence electrons. The molecule has 0 aliphatic rings. The maximum Gasteiger partial charge on any atom is 0.228 e. The molecule has 1 amide bonds. The van der Waals surface area contributed by atoms with Crippen LogP contribution in [0.1, 0.15) is 39.3 Å². The number of hydrogen-bond acceptors (Lipinski definition) is 3. The first kappa shape index (κ1) is 15.0. The average Bonchev–Trinajstić information content (AvgIpc) is 3.01. The zero-order chi connectivity index (χ0) is 14.5. The fourth-order valence-electron chi connectivity index (χ4n) is 2.39. The standard InChI is InChI=1S/C15H23N3OS/c1-4-12(5-2)10-17(6-3)14(19)9-13-11-18-7-8-20-15(18)16-13/h7-8,11-12H,4-6,9-10H2,1-3H3. The van der Waals surface area contributed by atoms with E-state index in [-0.39, 0.29) is 5.91 Å². The minimum Gasteiger partial charge on any atom is -0.342 e. The van der Waals surface area contributed by atoms with Gasteiger partial charge in [0.2, 0.25) is 5.91 Å². The first-order valence-electron chi connectivity index (χ1n) is 7.36. The molecule has 2 aromatic rings. The Morgan fingerprint density at radius 3 is 2.75 bits per heavy atom. The van der Waals surface area contributed by atoms with Crippen molar-refractivity contribution in [2.45, 2.75) is 40.0 Å². The maximum absolute atomic E-state index is 12.4. The summed E-state index contributed by atoms with van der Waals surface area (Å²) < 4.78 is 1.98. The molecule has 0 radical (unpaired) electrons. The number of fused-ring (bicyclic) bond motifs is 1. The predicted molar refractivity (Wildman–Crippen MR) is 83.1 cm³/mol. The first-order chi connectivity index (χ1) is 9.67. The third kappa shape index (κ3) is 3.39. The molecule has 0 atom stereocenters. The number of carbonyl (C=O) groups is 1. The van der Waals surface area contributed by atoms with Crippen LogP contribution in [-0.2, 0) is 11.2 Å². The molecule has 2 heterocycles. The number of thiazole rings is 1. The van der Waals surface area contributed by atoms with Crippen molar-refractivity contribution in [1.29, 1.82) is 0 Å². The van der Waals surface area contributed by atoms with E-state index < -0.39 is 0 Å². The third-order valence-electron chi connectivity index (χ3n) is 3.84. The van der Waals surface area contributed by atoms with Crippen molar-refractivity contribution in [3.05, 3.63) is 23.5 Å². The Hall–Kier alpha value is -1.36. The van der Waals surface area contributed by atoms with Gasteiger partial charge < -0.3 is 4.90 Å². The van der Waals surface area contributed by atoms with Crippen LogP contribution in [0, 0.1) is 5.92 Å². The number of likely N-dealkylation sites (N-methyl/N-ethyl adjacent to an activating group) is 1. The van der Waals surface area contributed by atoms with Gasteiger partial charge in [-0.05, 0) is 12.8 Å². The molecule has 20 heavy (non-hydrogen) atoms. The Morgan fingerprint density at radius 1 is 1.40 bits per heavy atom. The molecule has 0 aliphatic carbocycles. The van der Waals surface area contributed by atoms with Gasteiger partial charge >= 0.3 is 0 Å². The van der Waals surface area contributed by atoms with Crippen LogP contribution in [-0.4, -0.2) is 33.3 Å². The predicted octanol–water partition coefficient (Wildman–Crippen LogP) is 3.22. The number of hydrogen-bond donors (Lipinski definition) is 0. The van der Waals surface area contributed by atoms with Gasteiger partial charge in [-0.25, -0.2) is 4.98 Å². The highest BCUT2D eigenvalue weighted by molar-refractivity contribution is 7.15. The van der Waals surface area contributed by atoms with E-state index in [0.29, 0.717) is 12.3 Å². The highest BCUT2D eigenvalue weighted by atomic mass is 32.1. The minimum absolute atomic E-state index is 0.185. The molecule has 2 aromatic heterocycles. The van der Waals surface area contributed by atoms with Gasteiger partial charge in [0, 0.05) is 30.9 Å². The largest absolute Gasteiger partial charge is 0.342 e. The molecule has 4 nitrogen and oxygen atoms in total. The van der Waals surface area contributed by atoms with Gasteiger partial charge in [-0.2, -0.15) is 0 Å². The van der Waals surface area contributed by atoms with Crippen LogP contribution in [0.25, 0.3) is 4.96 Å². The van der Waals surface area contributed by atoms with Crippen LogP contribution >= 0.6 is 11.3 Å². The lowest BCUT2D eigenvalue weighted by Crippen LogP contribution is -2.36. The molecule has 0 N–H and O–H groups in total. The quantitative estimate of drug-likeness (QED) is 0.786. The summed E-state index contributed by atoms with van der Waals surface area (Å²) in [5, 5.41) is 2.00. The monoisotopic (exact) mass is 293 g/mol. The van der Waals surface area contributed by atoms with Crippen molar-refractivity contribution >= 4 is 22.2 Å². The number of aromatic nitrogens is 2. The lowest BCUT2D eigenvalue weighted by atomic mass is 10.0. The molecule has 0 bridgehead atoms. The van der Waals surface area contributed by atoms with Crippen molar-refractivity contribution in [3.63, 3.8) is 0 Å². The summed E-state index contributed by atoms with van der Waals surface area (Å²) in [6.07, 6.45) is 6.58. The highest BCUT2D eigenvalue weighted by Gasteiger charge is 2.17. The van der Waals surface area contributed by atoms with Gasteiger partial charge in [0.05, 0.1) is 12.1 Å². The van der Waals surface area contributed by atoms with Crippen LogP contribution in [0.5, 0.6) is 0 Å². The van der Waals surface area contributed by atoms with E-state index in [0.717, 1.165) is 36.6 Å². The van der Waals surface area contributed by atoms with Crippen LogP contribution in [0.15, 0.2) is 17.8 Å². The average molecular weight is 293 g/mol. The number of amides is 1. The van der Waals surface area contributed by atoms with E-state index in [9.17, 15) is 4.79 Å².